The van der Waals surface area contributed by atoms with Crippen molar-refractivity contribution < 1.29 is 53.0 Å². The van der Waals surface area contributed by atoms with Crippen LogP contribution in [0, 0.1) is 0 Å². The van der Waals surface area contributed by atoms with Gasteiger partial charge in [0.1, 0.15) is 42.7 Å². The van der Waals surface area contributed by atoms with Crippen molar-refractivity contribution in [2.75, 3.05) is 0 Å². The summed E-state index contributed by atoms with van der Waals surface area (Å²) in [5.74, 6) is -0.848. The van der Waals surface area contributed by atoms with E-state index in [1.54, 1.807) is 31.4 Å². The topological polar surface area (TPSA) is 139 Å². The number of rotatable bonds is 8. The first-order valence-electron chi connectivity index (χ1n) is 15.5. The van der Waals surface area contributed by atoms with E-state index < -0.39 is 36.4 Å². The summed E-state index contributed by atoms with van der Waals surface area (Å²) in [6, 6.07) is 19.8. The lowest BCUT2D eigenvalue weighted by Gasteiger charge is -2.31. The molecular weight excluding hydrogens is 608 g/mol. The smallest absolute Gasteiger partial charge is 0.303 e. The number of ether oxygens (including phenoxy) is 7. The van der Waals surface area contributed by atoms with Crippen LogP contribution in [-0.2, 0) is 56.0 Å². The predicted octanol–water partition coefficient (Wildman–Crippen LogP) is 4.51. The first-order valence-corrected chi connectivity index (χ1v) is 15.5. The van der Waals surface area contributed by atoms with Crippen molar-refractivity contribution in [3.63, 3.8) is 0 Å². The molecule has 0 spiro atoms. The lowest BCUT2D eigenvalue weighted by molar-refractivity contribution is -0.172. The van der Waals surface area contributed by atoms with Gasteiger partial charge in [-0.3, -0.25) is 9.59 Å². The lowest BCUT2D eigenvalue weighted by atomic mass is 10.1. The van der Waals surface area contributed by atoms with Crippen molar-refractivity contribution in [3.8, 4) is 0 Å². The highest BCUT2D eigenvalue weighted by molar-refractivity contribution is 5.67. The van der Waals surface area contributed by atoms with E-state index in [0.29, 0.717) is 13.2 Å². The van der Waals surface area contributed by atoms with Crippen LogP contribution in [0.1, 0.15) is 45.7 Å². The Morgan fingerprint density at radius 2 is 1.09 bits per heavy atom. The summed E-state index contributed by atoms with van der Waals surface area (Å²) < 4.78 is 36.9. The highest BCUT2D eigenvalue weighted by Gasteiger charge is 2.34. The first-order chi connectivity index (χ1) is 22.5. The molecule has 0 fully saturated rings. The summed E-state index contributed by atoms with van der Waals surface area (Å²) in [6.07, 6.45) is 5.85. The van der Waals surface area contributed by atoms with E-state index in [1.165, 1.54) is 26.4 Å². The SMILES string of the molecule is CC(=O)O[C@H]1[C@H](C)OC=C[C@@H]1OC(C)=O.C[C@@H]1OC=C[C@H](O)[C@H]1OCc1ccccc1.C[C@@H]1OC=C[C@H](OCc2ccccc2)[C@H]1O. The predicted molar refractivity (Wildman–Crippen MR) is 172 cm³/mol. The molecule has 9 atom stereocenters. The van der Waals surface area contributed by atoms with Crippen molar-refractivity contribution in [2.24, 2.45) is 0 Å². The summed E-state index contributed by atoms with van der Waals surface area (Å²) in [4.78, 5) is 21.7. The molecule has 3 aliphatic rings. The third-order valence-electron chi connectivity index (χ3n) is 7.27. The number of aliphatic hydroxyl groups is 2. The summed E-state index contributed by atoms with van der Waals surface area (Å²) in [6.45, 7) is 9.06. The van der Waals surface area contributed by atoms with Gasteiger partial charge in [-0.15, -0.1) is 0 Å². The average molecular weight is 655 g/mol. The van der Waals surface area contributed by atoms with E-state index in [0.717, 1.165) is 11.1 Å². The number of benzene rings is 2. The molecule has 0 amide bonds. The number of esters is 2. The van der Waals surface area contributed by atoms with Crippen LogP contribution in [0.4, 0.5) is 0 Å². The molecule has 0 aromatic heterocycles. The molecule has 3 heterocycles. The van der Waals surface area contributed by atoms with Crippen LogP contribution in [0.5, 0.6) is 0 Å². The normalized spacial score (nSPS) is 28.9. The minimum Gasteiger partial charge on any atom is -0.496 e. The second-order valence-corrected chi connectivity index (χ2v) is 11.2. The maximum atomic E-state index is 10.8. The van der Waals surface area contributed by atoms with Crippen molar-refractivity contribution in [2.45, 2.75) is 103 Å². The van der Waals surface area contributed by atoms with Gasteiger partial charge < -0.3 is 43.4 Å². The molecule has 11 heteroatoms. The maximum Gasteiger partial charge on any atom is 0.303 e. The third kappa shape index (κ3) is 12.9. The molecule has 2 N–H and O–H groups in total. The Morgan fingerprint density at radius 3 is 1.62 bits per heavy atom. The molecule has 0 radical (unpaired) electrons. The Labute approximate surface area is 276 Å². The average Bonchev–Trinajstić information content (AvgIpc) is 3.04. The minimum atomic E-state index is -0.603. The molecule has 0 bridgehead atoms. The molecule has 0 saturated carbocycles. The molecular formula is C36H46O11. The Hall–Kier alpha value is -4.16. The maximum absolute atomic E-state index is 10.8. The highest BCUT2D eigenvalue weighted by atomic mass is 16.6. The Bertz CT molecular complexity index is 1300. The van der Waals surface area contributed by atoms with Gasteiger partial charge >= 0.3 is 11.9 Å². The molecule has 5 rings (SSSR count). The van der Waals surface area contributed by atoms with E-state index in [-0.39, 0.29) is 30.5 Å². The van der Waals surface area contributed by atoms with Gasteiger partial charge in [-0.05, 0) is 50.1 Å². The Morgan fingerprint density at radius 1 is 0.617 bits per heavy atom. The van der Waals surface area contributed by atoms with E-state index in [4.69, 9.17) is 33.2 Å². The van der Waals surface area contributed by atoms with Crippen molar-refractivity contribution in [1.82, 2.24) is 0 Å². The minimum absolute atomic E-state index is 0.122. The van der Waals surface area contributed by atoms with Crippen molar-refractivity contribution in [3.05, 3.63) is 109 Å². The summed E-state index contributed by atoms with van der Waals surface area (Å²) in [7, 11) is 0. The Balaban J connectivity index is 0.000000192. The van der Waals surface area contributed by atoms with Gasteiger partial charge in [0.15, 0.2) is 12.2 Å². The molecule has 47 heavy (non-hydrogen) atoms. The molecule has 0 saturated heterocycles. The quantitative estimate of drug-likeness (QED) is 0.389. The van der Waals surface area contributed by atoms with Crippen molar-refractivity contribution in [1.29, 1.82) is 0 Å². The molecule has 0 unspecified atom stereocenters. The van der Waals surface area contributed by atoms with Gasteiger partial charge in [0.2, 0.25) is 0 Å². The summed E-state index contributed by atoms with van der Waals surface area (Å²) in [5.41, 5.74) is 2.19. The molecule has 256 valence electrons. The molecule has 2 aromatic rings. The fourth-order valence-electron chi connectivity index (χ4n) is 4.70. The van der Waals surface area contributed by atoms with Crippen LogP contribution in [0.3, 0.4) is 0 Å². The van der Waals surface area contributed by atoms with Crippen LogP contribution in [-0.4, -0.2) is 77.1 Å². The number of hydrogen-bond acceptors (Lipinski definition) is 11. The largest absolute Gasteiger partial charge is 0.496 e. The number of aliphatic hydroxyl groups excluding tert-OH is 2. The summed E-state index contributed by atoms with van der Waals surface area (Å²) in [5, 5.41) is 19.5. The zero-order valence-electron chi connectivity index (χ0n) is 27.4. The highest BCUT2D eigenvalue weighted by Crippen LogP contribution is 2.20. The standard InChI is InChI=1S/2C13H16O3.C10H14O5/c1-10-13(14)12(7-8-15-10)16-9-11-5-3-2-4-6-11;1-10-13(12(14)7-8-15-10)16-9-11-5-3-2-4-6-11;1-6-10(15-8(3)12)9(4-5-13-6)14-7(2)11/h2*2-8,10,12-14H,9H2,1H3;4-6,9-10H,1-3H3/t2*10-,12-,13-;6-,9-,10-/m000/s1. The van der Waals surface area contributed by atoms with E-state index in [2.05, 4.69) is 0 Å². The van der Waals surface area contributed by atoms with E-state index >= 15 is 0 Å². The van der Waals surface area contributed by atoms with E-state index in [1.807, 2.05) is 74.5 Å². The summed E-state index contributed by atoms with van der Waals surface area (Å²) >= 11 is 0. The molecule has 3 aliphatic heterocycles. The van der Waals surface area contributed by atoms with Crippen LogP contribution < -0.4 is 0 Å². The van der Waals surface area contributed by atoms with Crippen molar-refractivity contribution >= 4 is 11.9 Å². The zero-order chi connectivity index (χ0) is 34.2. The molecule has 2 aromatic carbocycles. The van der Waals surface area contributed by atoms with Gasteiger partial charge in [0, 0.05) is 13.8 Å². The van der Waals surface area contributed by atoms with Crippen LogP contribution in [0.15, 0.2) is 97.7 Å². The van der Waals surface area contributed by atoms with E-state index in [9.17, 15) is 19.8 Å². The van der Waals surface area contributed by atoms with Gasteiger partial charge in [-0.1, -0.05) is 60.7 Å². The third-order valence-corrected chi connectivity index (χ3v) is 7.27. The number of hydrogen-bond donors (Lipinski definition) is 2. The fraction of sp³-hybridized carbons (Fsp3) is 0.444. The fourth-order valence-corrected chi connectivity index (χ4v) is 4.70. The van der Waals surface area contributed by atoms with Crippen LogP contribution in [0.25, 0.3) is 0 Å². The number of carbonyl (C=O) groups is 2. The monoisotopic (exact) mass is 654 g/mol. The second kappa shape index (κ2) is 19.5. The number of carbonyl (C=O) groups excluding carboxylic acids is 2. The van der Waals surface area contributed by atoms with Gasteiger partial charge in [-0.25, -0.2) is 0 Å². The first kappa shape index (κ1) is 37.3. The van der Waals surface area contributed by atoms with Gasteiger partial charge in [-0.2, -0.15) is 0 Å². The van der Waals surface area contributed by atoms with Gasteiger partial charge in [0.05, 0.1) is 32.0 Å². The molecule has 11 nitrogen and oxygen atoms in total. The van der Waals surface area contributed by atoms with Crippen LogP contribution in [0.2, 0.25) is 0 Å². The second-order valence-electron chi connectivity index (χ2n) is 11.2. The Kier molecular flexibility index (Phi) is 15.5. The van der Waals surface area contributed by atoms with Crippen LogP contribution >= 0.6 is 0 Å². The zero-order valence-corrected chi connectivity index (χ0v) is 27.4. The molecule has 0 aliphatic carbocycles. The lowest BCUT2D eigenvalue weighted by Crippen LogP contribution is -2.43. The van der Waals surface area contributed by atoms with Gasteiger partial charge in [0.25, 0.3) is 0 Å².